The van der Waals surface area contributed by atoms with E-state index < -0.39 is 0 Å². The van der Waals surface area contributed by atoms with Crippen molar-refractivity contribution in [2.45, 2.75) is 36.6 Å². The molecule has 4 aromatic rings. The van der Waals surface area contributed by atoms with Crippen LogP contribution in [-0.2, 0) is 12.2 Å². The van der Waals surface area contributed by atoms with Crippen LogP contribution in [0.3, 0.4) is 0 Å². The van der Waals surface area contributed by atoms with Crippen molar-refractivity contribution in [3.63, 3.8) is 0 Å². The Morgan fingerprint density at radius 3 is 2.62 bits per heavy atom. The van der Waals surface area contributed by atoms with Crippen molar-refractivity contribution in [2.24, 2.45) is 0 Å². The van der Waals surface area contributed by atoms with Gasteiger partial charge in [-0.2, -0.15) is 4.98 Å². The Morgan fingerprint density at radius 1 is 1.03 bits per heavy atom. The first kappa shape index (κ1) is 18.1. The molecule has 144 valence electrons. The number of aryl methyl sites for hydroxylation is 1. The van der Waals surface area contributed by atoms with Crippen LogP contribution in [0.25, 0.3) is 5.78 Å². The van der Waals surface area contributed by atoms with E-state index in [0.29, 0.717) is 22.9 Å². The molecule has 1 aliphatic carbocycles. The van der Waals surface area contributed by atoms with Gasteiger partial charge in [-0.15, -0.1) is 5.10 Å². The smallest absolute Gasteiger partial charge is 0.253 e. The number of fused-ring (bicyclic) bond motifs is 2. The summed E-state index contributed by atoms with van der Waals surface area (Å²) < 4.78 is 1.64. The first-order chi connectivity index (χ1) is 14.2. The summed E-state index contributed by atoms with van der Waals surface area (Å²) in [5, 5.41) is 5.18. The molecule has 0 saturated carbocycles. The molecule has 1 atom stereocenters. The minimum Gasteiger partial charge on any atom is -0.294 e. The van der Waals surface area contributed by atoms with E-state index in [0.717, 1.165) is 17.9 Å². The molecule has 0 fully saturated rings. The van der Waals surface area contributed by atoms with Crippen LogP contribution in [0.15, 0.2) is 66.0 Å². The quantitative estimate of drug-likeness (QED) is 0.467. The Kier molecular flexibility index (Phi) is 4.64. The summed E-state index contributed by atoms with van der Waals surface area (Å²) in [7, 11) is 0. The van der Waals surface area contributed by atoms with Crippen molar-refractivity contribution in [1.29, 1.82) is 0 Å². The zero-order valence-corrected chi connectivity index (χ0v) is 16.9. The number of carbonyl (C=O) groups excluding carboxylic acids is 1. The molecule has 2 aromatic heterocycles. The number of carbonyl (C=O) groups is 1. The summed E-state index contributed by atoms with van der Waals surface area (Å²) in [5.74, 6) is 1.64. The zero-order chi connectivity index (χ0) is 19.8. The van der Waals surface area contributed by atoms with E-state index in [1.165, 1.54) is 16.7 Å². The van der Waals surface area contributed by atoms with Crippen LogP contribution in [-0.4, -0.2) is 25.4 Å². The van der Waals surface area contributed by atoms with Crippen LogP contribution in [0.4, 0.5) is 0 Å². The summed E-state index contributed by atoms with van der Waals surface area (Å²) >= 11 is 1.57. The van der Waals surface area contributed by atoms with E-state index in [9.17, 15) is 4.79 Å². The summed E-state index contributed by atoms with van der Waals surface area (Å²) in [6, 6.07) is 18.7. The monoisotopic (exact) mass is 400 g/mol. The highest BCUT2D eigenvalue weighted by atomic mass is 32.2. The highest BCUT2D eigenvalue weighted by Gasteiger charge is 2.28. The average Bonchev–Trinajstić information content (AvgIpc) is 3.14. The summed E-state index contributed by atoms with van der Waals surface area (Å²) in [6.07, 6.45) is 3.05. The molecule has 0 saturated heterocycles. The summed E-state index contributed by atoms with van der Waals surface area (Å²) in [4.78, 5) is 22.0. The molecule has 1 aliphatic rings. The molecule has 2 aromatic carbocycles. The van der Waals surface area contributed by atoms with Gasteiger partial charge in [0, 0.05) is 18.4 Å². The van der Waals surface area contributed by atoms with Crippen molar-refractivity contribution in [3.05, 3.63) is 88.7 Å². The zero-order valence-electron chi connectivity index (χ0n) is 16.1. The highest BCUT2D eigenvalue weighted by molar-refractivity contribution is 7.98. The molecule has 0 N–H and O–H groups in total. The van der Waals surface area contributed by atoms with Crippen LogP contribution in [0.1, 0.15) is 45.1 Å². The number of benzene rings is 2. The molecular formula is C23H20N4OS. The molecule has 0 radical (unpaired) electrons. The lowest BCUT2D eigenvalue weighted by atomic mass is 9.82. The van der Waals surface area contributed by atoms with Crippen molar-refractivity contribution < 1.29 is 4.79 Å². The third kappa shape index (κ3) is 3.68. The topological polar surface area (TPSA) is 60.2 Å². The minimum atomic E-state index is 0.125. The van der Waals surface area contributed by atoms with Gasteiger partial charge in [0.25, 0.3) is 5.78 Å². The van der Waals surface area contributed by atoms with Gasteiger partial charge in [-0.25, -0.2) is 9.50 Å². The number of nitrogens with zero attached hydrogens (tertiary/aromatic N) is 4. The number of thioether (sulfide) groups is 1. The van der Waals surface area contributed by atoms with Gasteiger partial charge >= 0.3 is 0 Å². The second-order valence-corrected chi connectivity index (χ2v) is 8.40. The van der Waals surface area contributed by atoms with E-state index in [2.05, 4.69) is 53.4 Å². The lowest BCUT2D eigenvalue weighted by Crippen LogP contribution is -2.21. The van der Waals surface area contributed by atoms with Crippen LogP contribution in [0.5, 0.6) is 0 Å². The highest BCUT2D eigenvalue weighted by Crippen LogP contribution is 2.32. The summed E-state index contributed by atoms with van der Waals surface area (Å²) in [5.41, 5.74) is 5.13. The predicted octanol–water partition coefficient (Wildman–Crippen LogP) is 4.64. The number of ketones is 1. The van der Waals surface area contributed by atoms with Gasteiger partial charge in [0.2, 0.25) is 5.16 Å². The van der Waals surface area contributed by atoms with Crippen LogP contribution in [0, 0.1) is 6.92 Å². The predicted molar refractivity (Wildman–Crippen MR) is 113 cm³/mol. The van der Waals surface area contributed by atoms with Gasteiger partial charge in [0.1, 0.15) is 0 Å². The third-order valence-corrected chi connectivity index (χ3v) is 6.23. The van der Waals surface area contributed by atoms with E-state index in [-0.39, 0.29) is 11.7 Å². The molecule has 29 heavy (non-hydrogen) atoms. The van der Waals surface area contributed by atoms with E-state index in [4.69, 9.17) is 4.98 Å². The Hall–Kier alpha value is -2.99. The maximum absolute atomic E-state index is 12.8. The van der Waals surface area contributed by atoms with Gasteiger partial charge in [0.15, 0.2) is 5.78 Å². The first-order valence-electron chi connectivity index (χ1n) is 9.68. The molecule has 0 aliphatic heterocycles. The minimum absolute atomic E-state index is 0.125. The Labute approximate surface area is 173 Å². The number of hydrogen-bond acceptors (Lipinski definition) is 5. The average molecular weight is 401 g/mol. The summed E-state index contributed by atoms with van der Waals surface area (Å²) in [6.45, 7) is 2.07. The fourth-order valence-electron chi connectivity index (χ4n) is 3.72. The van der Waals surface area contributed by atoms with Crippen LogP contribution in [0.2, 0.25) is 0 Å². The second kappa shape index (κ2) is 7.44. The van der Waals surface area contributed by atoms with Crippen molar-refractivity contribution >= 4 is 23.3 Å². The van der Waals surface area contributed by atoms with Gasteiger partial charge in [-0.1, -0.05) is 71.9 Å². The van der Waals surface area contributed by atoms with Gasteiger partial charge in [0.05, 0.1) is 11.3 Å². The van der Waals surface area contributed by atoms with E-state index >= 15 is 0 Å². The maximum Gasteiger partial charge on any atom is 0.253 e. The molecule has 0 bridgehead atoms. The van der Waals surface area contributed by atoms with Gasteiger partial charge in [-0.05, 0) is 30.4 Å². The SMILES string of the molecule is Cc1ccc([C@H]2CC(=O)c3cn4nc(SCc5ccccc5)nc4nc3C2)cc1. The van der Waals surface area contributed by atoms with Crippen LogP contribution >= 0.6 is 11.8 Å². The standard InChI is InChI=1S/C23H20N4OS/c1-15-7-9-17(10-8-15)18-11-20-19(21(28)12-18)13-27-22(24-20)25-23(26-27)29-14-16-5-3-2-4-6-16/h2-10,13,18H,11-12,14H2,1H3/t18-/m1/s1. The molecule has 5 rings (SSSR count). The molecule has 5 nitrogen and oxygen atoms in total. The number of hydrogen-bond donors (Lipinski definition) is 0. The molecule has 2 heterocycles. The fraction of sp³-hybridized carbons (Fsp3) is 0.217. The molecule has 0 spiro atoms. The molecular weight excluding hydrogens is 380 g/mol. The third-order valence-electron chi connectivity index (χ3n) is 5.32. The van der Waals surface area contributed by atoms with Crippen molar-refractivity contribution in [1.82, 2.24) is 19.6 Å². The molecule has 0 unspecified atom stereocenters. The normalized spacial score (nSPS) is 16.2. The molecule has 0 amide bonds. The Balaban J connectivity index is 1.41. The second-order valence-electron chi connectivity index (χ2n) is 7.45. The van der Waals surface area contributed by atoms with E-state index in [1.54, 1.807) is 22.5 Å². The Morgan fingerprint density at radius 2 is 1.83 bits per heavy atom. The number of rotatable bonds is 4. The van der Waals surface area contributed by atoms with Crippen LogP contribution < -0.4 is 0 Å². The fourth-order valence-corrected chi connectivity index (χ4v) is 4.50. The van der Waals surface area contributed by atoms with Gasteiger partial charge < -0.3 is 0 Å². The molecule has 6 heteroatoms. The lowest BCUT2D eigenvalue weighted by Gasteiger charge is -2.23. The Bertz CT molecular complexity index is 1180. The first-order valence-corrected chi connectivity index (χ1v) is 10.7. The maximum atomic E-state index is 12.8. The largest absolute Gasteiger partial charge is 0.294 e. The van der Waals surface area contributed by atoms with Crippen molar-refractivity contribution in [2.75, 3.05) is 0 Å². The van der Waals surface area contributed by atoms with Gasteiger partial charge in [-0.3, -0.25) is 4.79 Å². The number of aromatic nitrogens is 4. The number of Topliss-reactive ketones (excluding diaryl/α,β-unsaturated/α-hetero) is 1. The lowest BCUT2D eigenvalue weighted by molar-refractivity contribution is 0.0962. The van der Waals surface area contributed by atoms with Crippen molar-refractivity contribution in [3.8, 4) is 0 Å². The van der Waals surface area contributed by atoms with E-state index in [1.807, 2.05) is 18.2 Å².